The third-order valence-corrected chi connectivity index (χ3v) is 26.3. The first kappa shape index (κ1) is 120. The molecule has 2 nitrogen and oxygen atoms in total. The predicted molar refractivity (Wildman–Crippen MR) is 516 cm³/mol. The van der Waals surface area contributed by atoms with Crippen molar-refractivity contribution in [3.05, 3.63) is 36.5 Å². The fourth-order valence-corrected chi connectivity index (χ4v) is 18.1. The van der Waals surface area contributed by atoms with E-state index in [1.165, 1.54) is 616 Å². The van der Waals surface area contributed by atoms with E-state index in [0.717, 1.165) is 0 Å². The van der Waals surface area contributed by atoms with Crippen molar-refractivity contribution in [1.29, 1.82) is 0 Å². The maximum atomic E-state index is 4.99. The van der Waals surface area contributed by atoms with E-state index in [4.69, 9.17) is 11.5 Å². The van der Waals surface area contributed by atoms with Crippen molar-refractivity contribution in [1.82, 2.24) is 0 Å². The highest BCUT2D eigenvalue weighted by atomic mass is 35.5. The van der Waals surface area contributed by atoms with Gasteiger partial charge in [-0.25, -0.2) is 0 Å². The van der Waals surface area contributed by atoms with Gasteiger partial charge < -0.3 is 36.3 Å². The van der Waals surface area contributed by atoms with Crippen molar-refractivity contribution in [3.8, 4) is 0 Å². The minimum absolute atomic E-state index is 0. The topological polar surface area (TPSA) is 55.3 Å². The number of hydrogen-bond acceptors (Lipinski definition) is 0. The molecule has 0 aromatic heterocycles. The van der Waals surface area contributed by atoms with Gasteiger partial charge in [0.25, 0.3) is 0 Å². The van der Waals surface area contributed by atoms with Crippen LogP contribution in [0.4, 0.5) is 0 Å². The fourth-order valence-electron chi connectivity index (χ4n) is 18.1. The van der Waals surface area contributed by atoms with Gasteiger partial charge in [-0.3, -0.25) is 0 Å². The Kier molecular flexibility index (Phi) is 115. The summed E-state index contributed by atoms with van der Waals surface area (Å²) in [6, 6.07) is 0. The van der Waals surface area contributed by atoms with Gasteiger partial charge in [-0.2, -0.15) is 0 Å². The summed E-state index contributed by atoms with van der Waals surface area (Å²) in [6.07, 6.45) is 152. The molecule has 0 aromatic rings. The second-order valence-electron chi connectivity index (χ2n) is 38.2. The molecular formula is C110H222Cl2N2. The van der Waals surface area contributed by atoms with Crippen LogP contribution in [0.3, 0.4) is 0 Å². The van der Waals surface area contributed by atoms with Gasteiger partial charge in [0.15, 0.2) is 0 Å². The molecule has 0 fully saturated rings. The van der Waals surface area contributed by atoms with Crippen LogP contribution in [0.25, 0.3) is 0 Å². The Hall–Kier alpha value is -0.280. The van der Waals surface area contributed by atoms with Crippen LogP contribution in [0.5, 0.6) is 0 Å². The Morgan fingerprint density at radius 1 is 0.123 bits per heavy atom. The van der Waals surface area contributed by atoms with E-state index in [1.807, 2.05) is 0 Å². The van der Waals surface area contributed by atoms with Crippen LogP contribution in [0.2, 0.25) is 0 Å². The molecule has 686 valence electrons. The number of allylic oxidation sites excluding steroid dienone is 6. The number of rotatable bonds is 99. The molecule has 0 unspecified atom stereocenters. The maximum Gasteiger partial charge on any atom is 0.0945 e. The van der Waals surface area contributed by atoms with E-state index < -0.39 is 0 Å². The quantitative estimate of drug-likeness (QED) is 0.0450. The lowest BCUT2D eigenvalue weighted by molar-refractivity contribution is -0.484. The Balaban J connectivity index is -0.00000104. The highest BCUT2D eigenvalue weighted by Crippen LogP contribution is 2.29. The van der Waals surface area contributed by atoms with Gasteiger partial charge in [-0.1, -0.05) is 540 Å². The summed E-state index contributed by atoms with van der Waals surface area (Å²) < 4.78 is 0. The zero-order valence-electron chi connectivity index (χ0n) is 80.5. The van der Waals surface area contributed by atoms with Crippen LogP contribution in [-0.2, 0) is 0 Å². The molecule has 0 heterocycles. The Bertz CT molecular complexity index is 1530. The van der Waals surface area contributed by atoms with Gasteiger partial charge in [0, 0.05) is 38.5 Å². The maximum absolute atomic E-state index is 4.99. The number of halogens is 2. The largest absolute Gasteiger partial charge is 1.00 e. The minimum Gasteiger partial charge on any atom is -1.00 e. The number of quaternary nitrogens is 2. The van der Waals surface area contributed by atoms with Crippen LogP contribution >= 0.6 is 0 Å². The van der Waals surface area contributed by atoms with E-state index in [0.29, 0.717) is 11.1 Å². The molecule has 0 spiro atoms. The predicted octanol–water partition coefficient (Wildman–Crippen LogP) is 33.2. The van der Waals surface area contributed by atoms with Crippen LogP contribution in [0, 0.1) is 0 Å². The molecule has 0 aliphatic carbocycles. The molecule has 0 aliphatic heterocycles. The van der Waals surface area contributed by atoms with Crippen LogP contribution < -0.4 is 36.3 Å². The van der Waals surface area contributed by atoms with Crippen molar-refractivity contribution < 1.29 is 36.3 Å². The first-order chi connectivity index (χ1) is 55.4. The lowest BCUT2D eigenvalue weighted by Crippen LogP contribution is -3.00. The van der Waals surface area contributed by atoms with Gasteiger partial charge in [0.2, 0.25) is 0 Å². The summed E-state index contributed by atoms with van der Waals surface area (Å²) in [5.74, 6) is 0. The number of unbranched alkanes of at least 4 members (excludes halogenated alkanes) is 81. The molecule has 4 heteroatoms. The first-order valence-electron chi connectivity index (χ1n) is 54.0. The summed E-state index contributed by atoms with van der Waals surface area (Å²) in [5.41, 5.74) is 10.7. The molecule has 0 radical (unpaired) electrons. The minimum atomic E-state index is 0. The Morgan fingerprint density at radius 2 is 0.202 bits per heavy atom. The molecular weight excluding hydrogens is 1420 g/mol. The van der Waals surface area contributed by atoms with Crippen molar-refractivity contribution in [2.24, 2.45) is 0 Å². The monoisotopic (exact) mass is 1640 g/mol. The molecule has 0 saturated carbocycles. The van der Waals surface area contributed by atoms with Crippen molar-refractivity contribution in [3.63, 3.8) is 0 Å². The molecule has 0 amide bonds. The molecule has 114 heavy (non-hydrogen) atoms. The molecule has 0 rings (SSSR count). The molecule has 0 bridgehead atoms. The van der Waals surface area contributed by atoms with Crippen LogP contribution in [0.1, 0.15) is 658 Å². The molecule has 0 aliphatic rings. The van der Waals surface area contributed by atoms with Gasteiger partial charge in [0.1, 0.15) is 0 Å². The zero-order valence-corrected chi connectivity index (χ0v) is 82.0. The Morgan fingerprint density at radius 3 is 0.298 bits per heavy atom. The summed E-state index contributed by atoms with van der Waals surface area (Å²) in [5, 5.41) is 0. The van der Waals surface area contributed by atoms with Crippen molar-refractivity contribution in [2.45, 2.75) is 669 Å². The molecule has 0 saturated heterocycles. The highest BCUT2D eigenvalue weighted by Gasteiger charge is 2.29. The van der Waals surface area contributed by atoms with Gasteiger partial charge in [-0.05, 0) is 116 Å². The normalized spacial score (nSPS) is 12.0. The van der Waals surface area contributed by atoms with Gasteiger partial charge >= 0.3 is 0 Å². The second kappa shape index (κ2) is 109. The summed E-state index contributed by atoms with van der Waals surface area (Å²) in [4.78, 5) is 0. The standard InChI is InChI=1S/C55H113N.C55H107N.2ClH/c2*1-4-7-10-13-16-19-22-25-28-31-34-37-40-43-46-49-52-55(56,53-50-47-44-41-38-35-32-29-26-23-20-17-14-11-8-5-2)54-51-48-45-42-39-36-33-30-27-24-21-18-15-12-9-6-3;;/h4-54,56H2,1-3H3;25-30H,4-24,31-54,56H2,1-3H3;2*1H/b;28-25-,29-26-,30-27-;;. The third kappa shape index (κ3) is 106. The SMILES string of the molecule is CCCCCCCC/C=C\CCCCCCCCC([NH3+])(CCCCCCCC/C=C\CCCCCCCC)CCCCCCCC/C=C\CCCCCCCC.CCCCCCCCCCCCCCCCCCC([NH3+])(CCCCCCCCCCCCCCCCCC)CCCCCCCCCCCCCCCCCC.[Cl-].[Cl-]. The average molecular weight is 1640 g/mol. The average Bonchev–Trinajstić information content (AvgIpc) is 0.907. The third-order valence-electron chi connectivity index (χ3n) is 26.3. The van der Waals surface area contributed by atoms with E-state index in [9.17, 15) is 0 Å². The smallest absolute Gasteiger partial charge is 0.0945 e. The van der Waals surface area contributed by atoms with Crippen LogP contribution in [-0.4, -0.2) is 11.1 Å². The first-order valence-corrected chi connectivity index (χ1v) is 54.0. The lowest BCUT2D eigenvalue weighted by atomic mass is 9.82. The van der Waals surface area contributed by atoms with E-state index in [2.05, 4.69) is 78.0 Å². The highest BCUT2D eigenvalue weighted by molar-refractivity contribution is 4.84. The van der Waals surface area contributed by atoms with E-state index in [-0.39, 0.29) is 24.8 Å². The van der Waals surface area contributed by atoms with E-state index in [1.54, 1.807) is 0 Å². The summed E-state index contributed by atoms with van der Waals surface area (Å²) in [7, 11) is 0. The van der Waals surface area contributed by atoms with Crippen LogP contribution in [0.15, 0.2) is 36.5 Å². The van der Waals surface area contributed by atoms with Crippen molar-refractivity contribution in [2.75, 3.05) is 0 Å². The van der Waals surface area contributed by atoms with Gasteiger partial charge in [-0.15, -0.1) is 0 Å². The second-order valence-corrected chi connectivity index (χ2v) is 38.2. The molecule has 6 N–H and O–H groups in total. The van der Waals surface area contributed by atoms with Gasteiger partial charge in [0.05, 0.1) is 11.1 Å². The lowest BCUT2D eigenvalue weighted by Gasteiger charge is -2.26. The summed E-state index contributed by atoms with van der Waals surface area (Å²) >= 11 is 0. The molecule has 0 aromatic carbocycles. The molecule has 0 atom stereocenters. The summed E-state index contributed by atoms with van der Waals surface area (Å²) in [6.45, 7) is 13.9. The van der Waals surface area contributed by atoms with Crippen molar-refractivity contribution >= 4 is 0 Å². The Labute approximate surface area is 736 Å². The number of hydrogen-bond donors (Lipinski definition) is 2. The zero-order chi connectivity index (χ0) is 81.1. The van der Waals surface area contributed by atoms with E-state index >= 15 is 0 Å². The fraction of sp³-hybridized carbons (Fsp3) is 0.945.